The van der Waals surface area contributed by atoms with E-state index in [0.717, 1.165) is 39.5 Å². The third-order valence-electron chi connectivity index (χ3n) is 9.73. The van der Waals surface area contributed by atoms with Crippen molar-refractivity contribution in [2.24, 2.45) is 0 Å². The van der Waals surface area contributed by atoms with Gasteiger partial charge in [0.1, 0.15) is 0 Å². The molecular formula is C46H30N4. The first kappa shape index (κ1) is 28.3. The number of aromatic nitrogens is 4. The van der Waals surface area contributed by atoms with Crippen LogP contribution >= 0.6 is 0 Å². The number of fused-ring (bicyclic) bond motifs is 7. The molecule has 234 valence electrons. The summed E-state index contributed by atoms with van der Waals surface area (Å²) < 4.78 is 4.82. The lowest BCUT2D eigenvalue weighted by Crippen LogP contribution is -1.97. The fraction of sp³-hybridized carbons (Fsp3) is 0. The molecule has 4 heteroatoms. The van der Waals surface area contributed by atoms with Crippen LogP contribution in [0, 0.1) is 0 Å². The Morgan fingerprint density at radius 1 is 0.340 bits per heavy atom. The second-order valence-electron chi connectivity index (χ2n) is 12.6. The van der Waals surface area contributed by atoms with E-state index in [0.29, 0.717) is 5.82 Å². The number of hydrogen-bond acceptors (Lipinski definition) is 2. The van der Waals surface area contributed by atoms with Crippen molar-refractivity contribution in [3.8, 4) is 45.3 Å². The van der Waals surface area contributed by atoms with Gasteiger partial charge in [-0.05, 0) is 48.5 Å². The average Bonchev–Trinajstić information content (AvgIpc) is 3.72. The monoisotopic (exact) mass is 638 g/mol. The molecule has 4 nitrogen and oxygen atoms in total. The van der Waals surface area contributed by atoms with Gasteiger partial charge in [-0.15, -0.1) is 0 Å². The van der Waals surface area contributed by atoms with Crippen molar-refractivity contribution in [3.05, 3.63) is 182 Å². The van der Waals surface area contributed by atoms with Gasteiger partial charge in [-0.3, -0.25) is 0 Å². The van der Waals surface area contributed by atoms with Gasteiger partial charge in [0.2, 0.25) is 0 Å². The van der Waals surface area contributed by atoms with Gasteiger partial charge in [-0.25, -0.2) is 9.97 Å². The largest absolute Gasteiger partial charge is 0.309 e. The first-order chi connectivity index (χ1) is 24.8. The molecule has 0 spiro atoms. The lowest BCUT2D eigenvalue weighted by atomic mass is 10.1. The highest BCUT2D eigenvalue weighted by Crippen LogP contribution is 2.42. The second kappa shape index (κ2) is 11.4. The average molecular weight is 639 g/mol. The molecule has 0 fully saturated rings. The van der Waals surface area contributed by atoms with Gasteiger partial charge in [0.25, 0.3) is 0 Å². The normalized spacial score (nSPS) is 11.6. The second-order valence-corrected chi connectivity index (χ2v) is 12.6. The van der Waals surface area contributed by atoms with Crippen molar-refractivity contribution in [1.82, 2.24) is 19.1 Å². The van der Waals surface area contributed by atoms with E-state index in [1.165, 1.54) is 43.6 Å². The molecule has 0 unspecified atom stereocenters. The summed E-state index contributed by atoms with van der Waals surface area (Å²) in [4.78, 5) is 10.1. The molecule has 0 atom stereocenters. The summed E-state index contributed by atoms with van der Waals surface area (Å²) in [5.41, 5.74) is 11.9. The fourth-order valence-electron chi connectivity index (χ4n) is 7.48. The van der Waals surface area contributed by atoms with E-state index in [4.69, 9.17) is 9.97 Å². The molecule has 10 rings (SSSR count). The van der Waals surface area contributed by atoms with Crippen LogP contribution in [-0.2, 0) is 0 Å². The van der Waals surface area contributed by atoms with Gasteiger partial charge >= 0.3 is 0 Å². The maximum absolute atomic E-state index is 5.08. The SMILES string of the molecule is c1ccc(-c2cc(-c3ccc(-n4c5ccccc5c5ccc6c(c7ccccc7n6-c6ccccc6)c54)cc3)nc(-c3ccccc3)n2)cc1. The molecule has 0 saturated heterocycles. The third kappa shape index (κ3) is 4.46. The van der Waals surface area contributed by atoms with Crippen LogP contribution in [0.25, 0.3) is 88.9 Å². The summed E-state index contributed by atoms with van der Waals surface area (Å²) in [7, 11) is 0. The summed E-state index contributed by atoms with van der Waals surface area (Å²) >= 11 is 0. The molecule has 0 amide bonds. The van der Waals surface area contributed by atoms with Gasteiger partial charge in [0.15, 0.2) is 5.82 Å². The summed E-state index contributed by atoms with van der Waals surface area (Å²) in [6.07, 6.45) is 0. The zero-order valence-corrected chi connectivity index (χ0v) is 27.1. The predicted molar refractivity (Wildman–Crippen MR) is 207 cm³/mol. The lowest BCUT2D eigenvalue weighted by molar-refractivity contribution is 1.17. The Kier molecular flexibility index (Phi) is 6.46. The number of para-hydroxylation sites is 3. The zero-order valence-electron chi connectivity index (χ0n) is 27.1. The van der Waals surface area contributed by atoms with E-state index >= 15 is 0 Å². The highest BCUT2D eigenvalue weighted by molar-refractivity contribution is 6.26. The van der Waals surface area contributed by atoms with Gasteiger partial charge in [0, 0.05) is 49.6 Å². The Morgan fingerprint density at radius 2 is 0.860 bits per heavy atom. The van der Waals surface area contributed by atoms with Crippen LogP contribution < -0.4 is 0 Å². The van der Waals surface area contributed by atoms with Crippen LogP contribution in [0.5, 0.6) is 0 Å². The van der Waals surface area contributed by atoms with E-state index in [2.05, 4.69) is 155 Å². The quantitative estimate of drug-likeness (QED) is 0.188. The Morgan fingerprint density at radius 3 is 1.54 bits per heavy atom. The van der Waals surface area contributed by atoms with E-state index in [1.54, 1.807) is 0 Å². The van der Waals surface area contributed by atoms with E-state index in [9.17, 15) is 0 Å². The smallest absolute Gasteiger partial charge is 0.160 e. The van der Waals surface area contributed by atoms with Crippen molar-refractivity contribution >= 4 is 43.6 Å². The third-order valence-corrected chi connectivity index (χ3v) is 9.73. The zero-order chi connectivity index (χ0) is 33.0. The summed E-state index contributed by atoms with van der Waals surface area (Å²) in [6.45, 7) is 0. The molecule has 10 aromatic rings. The molecule has 3 heterocycles. The van der Waals surface area contributed by atoms with Crippen molar-refractivity contribution in [3.63, 3.8) is 0 Å². The Labute approximate surface area is 289 Å². The van der Waals surface area contributed by atoms with Crippen LogP contribution in [0.3, 0.4) is 0 Å². The van der Waals surface area contributed by atoms with Crippen molar-refractivity contribution in [2.75, 3.05) is 0 Å². The molecule has 3 aromatic heterocycles. The minimum absolute atomic E-state index is 0.714. The molecule has 50 heavy (non-hydrogen) atoms. The van der Waals surface area contributed by atoms with Crippen molar-refractivity contribution < 1.29 is 0 Å². The minimum Gasteiger partial charge on any atom is -0.309 e. The van der Waals surface area contributed by atoms with E-state index < -0.39 is 0 Å². The van der Waals surface area contributed by atoms with E-state index in [-0.39, 0.29) is 0 Å². The number of hydrogen-bond donors (Lipinski definition) is 0. The Balaban J connectivity index is 1.20. The molecule has 0 aliphatic carbocycles. The Hall–Kier alpha value is -6.78. The molecule has 0 radical (unpaired) electrons. The van der Waals surface area contributed by atoms with Gasteiger partial charge in [-0.1, -0.05) is 133 Å². The topological polar surface area (TPSA) is 35.6 Å². The molecule has 0 aliphatic heterocycles. The van der Waals surface area contributed by atoms with Crippen molar-refractivity contribution in [2.45, 2.75) is 0 Å². The maximum Gasteiger partial charge on any atom is 0.160 e. The molecule has 0 aliphatic rings. The molecule has 0 bridgehead atoms. The van der Waals surface area contributed by atoms with Gasteiger partial charge < -0.3 is 9.13 Å². The summed E-state index contributed by atoms with van der Waals surface area (Å²) in [5, 5.41) is 4.96. The van der Waals surface area contributed by atoms with Crippen LogP contribution in [0.4, 0.5) is 0 Å². The maximum atomic E-state index is 5.08. The number of nitrogens with zero attached hydrogens (tertiary/aromatic N) is 4. The fourth-order valence-corrected chi connectivity index (χ4v) is 7.48. The molecule has 7 aromatic carbocycles. The summed E-state index contributed by atoms with van der Waals surface area (Å²) in [6, 6.07) is 64.2. The van der Waals surface area contributed by atoms with Crippen molar-refractivity contribution in [1.29, 1.82) is 0 Å². The van der Waals surface area contributed by atoms with E-state index in [1.807, 2.05) is 36.4 Å². The van der Waals surface area contributed by atoms with Crippen LogP contribution in [0.15, 0.2) is 182 Å². The van der Waals surface area contributed by atoms with Gasteiger partial charge in [-0.2, -0.15) is 0 Å². The minimum atomic E-state index is 0.714. The number of benzene rings is 7. The Bertz CT molecular complexity index is 2770. The first-order valence-electron chi connectivity index (χ1n) is 16.9. The molecular weight excluding hydrogens is 609 g/mol. The highest BCUT2D eigenvalue weighted by Gasteiger charge is 2.21. The van der Waals surface area contributed by atoms with Gasteiger partial charge in [0.05, 0.1) is 33.5 Å². The first-order valence-corrected chi connectivity index (χ1v) is 16.9. The standard InChI is InChI=1S/C46H30N4/c1-4-14-31(15-5-1)39-30-40(48-46(47-39)33-16-6-2-7-17-33)32-24-26-35(27-25-32)50-41-22-12-10-20-36(41)37-28-29-43-44(45(37)50)38-21-11-13-23-42(38)49(43)34-18-8-3-9-19-34/h1-30H. The van der Waals surface area contributed by atoms with Crippen LogP contribution in [0.2, 0.25) is 0 Å². The number of rotatable bonds is 5. The highest BCUT2D eigenvalue weighted by atomic mass is 15.0. The molecule has 0 N–H and O–H groups in total. The predicted octanol–water partition coefficient (Wildman–Crippen LogP) is 11.7. The molecule has 0 saturated carbocycles. The summed E-state index contributed by atoms with van der Waals surface area (Å²) in [5.74, 6) is 0.714. The lowest BCUT2D eigenvalue weighted by Gasteiger charge is -2.12. The van der Waals surface area contributed by atoms with Crippen LogP contribution in [-0.4, -0.2) is 19.1 Å². The van der Waals surface area contributed by atoms with Crippen LogP contribution in [0.1, 0.15) is 0 Å².